The SMILES string of the molecule is Cl.NCCC(=O)NCC1CCCCN1C(=O)CCc1ccc(Br)cc1. The summed E-state index contributed by atoms with van der Waals surface area (Å²) in [6, 6.07) is 8.18. The highest BCUT2D eigenvalue weighted by atomic mass is 79.9. The summed E-state index contributed by atoms with van der Waals surface area (Å²) in [6.45, 7) is 1.67. The van der Waals surface area contributed by atoms with Gasteiger partial charge in [0.2, 0.25) is 11.8 Å². The lowest BCUT2D eigenvalue weighted by atomic mass is 10.0. The van der Waals surface area contributed by atoms with Gasteiger partial charge in [0, 0.05) is 43.0 Å². The van der Waals surface area contributed by atoms with Crippen LogP contribution in [0.2, 0.25) is 0 Å². The number of benzene rings is 1. The van der Waals surface area contributed by atoms with E-state index in [9.17, 15) is 9.59 Å². The van der Waals surface area contributed by atoms with Gasteiger partial charge in [-0.25, -0.2) is 0 Å². The number of nitrogens with zero attached hydrogens (tertiary/aromatic N) is 1. The molecule has 1 aliphatic heterocycles. The molecule has 2 rings (SSSR count). The third kappa shape index (κ3) is 7.34. The van der Waals surface area contributed by atoms with Gasteiger partial charge in [0.15, 0.2) is 0 Å². The molecular formula is C18H27BrClN3O2. The number of likely N-dealkylation sites (tertiary alicyclic amines) is 1. The molecule has 2 amide bonds. The van der Waals surface area contributed by atoms with Crippen LogP contribution in [0.4, 0.5) is 0 Å². The molecule has 5 nitrogen and oxygen atoms in total. The van der Waals surface area contributed by atoms with Crippen molar-refractivity contribution in [3.05, 3.63) is 34.3 Å². The molecule has 1 fully saturated rings. The molecule has 0 radical (unpaired) electrons. The molecule has 0 spiro atoms. The largest absolute Gasteiger partial charge is 0.354 e. The minimum Gasteiger partial charge on any atom is -0.354 e. The monoisotopic (exact) mass is 431 g/mol. The van der Waals surface area contributed by atoms with E-state index in [4.69, 9.17) is 5.73 Å². The smallest absolute Gasteiger partial charge is 0.223 e. The van der Waals surface area contributed by atoms with E-state index >= 15 is 0 Å². The second-order valence-electron chi connectivity index (χ2n) is 6.21. The fourth-order valence-corrected chi connectivity index (χ4v) is 3.30. The number of aryl methyl sites for hydroxylation is 1. The van der Waals surface area contributed by atoms with E-state index in [2.05, 4.69) is 21.2 Å². The normalized spacial score (nSPS) is 16.9. The Kier molecular flexibility index (Phi) is 10.1. The molecule has 0 saturated carbocycles. The quantitative estimate of drug-likeness (QED) is 0.695. The molecule has 1 aromatic carbocycles. The van der Waals surface area contributed by atoms with E-state index in [1.807, 2.05) is 29.2 Å². The van der Waals surface area contributed by atoms with Crippen LogP contribution in [-0.4, -0.2) is 42.4 Å². The van der Waals surface area contributed by atoms with Crippen molar-refractivity contribution in [2.24, 2.45) is 5.73 Å². The Morgan fingerprint density at radius 1 is 1.20 bits per heavy atom. The zero-order valence-corrected chi connectivity index (χ0v) is 16.8. The van der Waals surface area contributed by atoms with E-state index < -0.39 is 0 Å². The molecule has 25 heavy (non-hydrogen) atoms. The van der Waals surface area contributed by atoms with Crippen LogP contribution in [0.15, 0.2) is 28.7 Å². The molecule has 1 heterocycles. The molecule has 1 saturated heterocycles. The van der Waals surface area contributed by atoms with Crippen molar-refractivity contribution in [1.82, 2.24) is 10.2 Å². The first-order valence-electron chi connectivity index (χ1n) is 8.61. The standard InChI is InChI=1S/C18H26BrN3O2.ClH/c19-15-7-4-14(5-8-15)6-9-18(24)22-12-2-1-3-16(22)13-21-17(23)10-11-20;/h4-5,7-8,16H,1-3,6,9-13,20H2,(H,21,23);1H. The fourth-order valence-electron chi connectivity index (χ4n) is 3.04. The van der Waals surface area contributed by atoms with Crippen molar-refractivity contribution in [3.63, 3.8) is 0 Å². The van der Waals surface area contributed by atoms with Crippen molar-refractivity contribution in [3.8, 4) is 0 Å². The Bertz CT molecular complexity index is 554. The minimum atomic E-state index is -0.0367. The van der Waals surface area contributed by atoms with Crippen LogP contribution in [0.1, 0.15) is 37.7 Å². The van der Waals surface area contributed by atoms with Gasteiger partial charge in [0.1, 0.15) is 0 Å². The van der Waals surface area contributed by atoms with Gasteiger partial charge in [-0.15, -0.1) is 12.4 Å². The zero-order chi connectivity index (χ0) is 17.4. The van der Waals surface area contributed by atoms with Gasteiger partial charge in [0.05, 0.1) is 0 Å². The lowest BCUT2D eigenvalue weighted by Crippen LogP contribution is -2.49. The average Bonchev–Trinajstić information content (AvgIpc) is 2.60. The molecule has 7 heteroatoms. The van der Waals surface area contributed by atoms with Crippen LogP contribution in [0.3, 0.4) is 0 Å². The summed E-state index contributed by atoms with van der Waals surface area (Å²) in [7, 11) is 0. The Morgan fingerprint density at radius 2 is 1.92 bits per heavy atom. The van der Waals surface area contributed by atoms with Crippen LogP contribution >= 0.6 is 28.3 Å². The molecule has 1 unspecified atom stereocenters. The number of carbonyl (C=O) groups is 2. The lowest BCUT2D eigenvalue weighted by Gasteiger charge is -2.36. The third-order valence-corrected chi connectivity index (χ3v) is 4.92. The van der Waals surface area contributed by atoms with Gasteiger partial charge >= 0.3 is 0 Å². The number of halogens is 2. The molecular weight excluding hydrogens is 406 g/mol. The number of hydrogen-bond acceptors (Lipinski definition) is 3. The predicted octanol–water partition coefficient (Wildman–Crippen LogP) is 2.65. The number of hydrogen-bond donors (Lipinski definition) is 2. The Balaban J connectivity index is 0.00000312. The summed E-state index contributed by atoms with van der Waals surface area (Å²) in [5, 5.41) is 2.90. The molecule has 1 aromatic rings. The van der Waals surface area contributed by atoms with Crippen LogP contribution in [0.25, 0.3) is 0 Å². The Morgan fingerprint density at radius 3 is 2.60 bits per heavy atom. The molecule has 0 aromatic heterocycles. The highest BCUT2D eigenvalue weighted by Crippen LogP contribution is 2.19. The number of nitrogens with one attached hydrogen (secondary N) is 1. The first-order chi connectivity index (χ1) is 11.6. The van der Waals surface area contributed by atoms with Gasteiger partial charge in [-0.2, -0.15) is 0 Å². The van der Waals surface area contributed by atoms with E-state index in [0.29, 0.717) is 25.9 Å². The molecule has 1 aliphatic rings. The molecule has 1 atom stereocenters. The number of carbonyl (C=O) groups excluding carboxylic acids is 2. The van der Waals surface area contributed by atoms with Crippen LogP contribution in [-0.2, 0) is 16.0 Å². The topological polar surface area (TPSA) is 75.4 Å². The Hall–Kier alpha value is -1.11. The summed E-state index contributed by atoms with van der Waals surface area (Å²) in [4.78, 5) is 26.2. The second kappa shape index (κ2) is 11.5. The lowest BCUT2D eigenvalue weighted by molar-refractivity contribution is -0.135. The van der Waals surface area contributed by atoms with Gasteiger partial charge in [-0.3, -0.25) is 9.59 Å². The van der Waals surface area contributed by atoms with Gasteiger partial charge in [-0.05, 0) is 43.4 Å². The van der Waals surface area contributed by atoms with Crippen molar-refractivity contribution >= 4 is 40.2 Å². The van der Waals surface area contributed by atoms with Crippen molar-refractivity contribution < 1.29 is 9.59 Å². The summed E-state index contributed by atoms with van der Waals surface area (Å²) in [5.74, 6) is 0.140. The maximum absolute atomic E-state index is 12.6. The number of piperidine rings is 1. The summed E-state index contributed by atoms with van der Waals surface area (Å²) in [5.41, 5.74) is 6.55. The van der Waals surface area contributed by atoms with E-state index in [-0.39, 0.29) is 30.3 Å². The zero-order valence-electron chi connectivity index (χ0n) is 14.4. The van der Waals surface area contributed by atoms with Gasteiger partial charge < -0.3 is 16.0 Å². The minimum absolute atomic E-state index is 0. The molecule has 3 N–H and O–H groups in total. The van der Waals surface area contributed by atoms with Crippen LogP contribution in [0.5, 0.6) is 0 Å². The van der Waals surface area contributed by atoms with Crippen molar-refractivity contribution in [1.29, 1.82) is 0 Å². The maximum Gasteiger partial charge on any atom is 0.223 e. The van der Waals surface area contributed by atoms with Gasteiger partial charge in [-0.1, -0.05) is 28.1 Å². The predicted molar refractivity (Wildman–Crippen MR) is 106 cm³/mol. The Labute approximate surface area is 164 Å². The molecule has 0 aliphatic carbocycles. The molecule has 0 bridgehead atoms. The van der Waals surface area contributed by atoms with E-state index in [1.165, 1.54) is 0 Å². The number of rotatable bonds is 7. The number of amides is 2. The van der Waals surface area contributed by atoms with Crippen molar-refractivity contribution in [2.75, 3.05) is 19.6 Å². The van der Waals surface area contributed by atoms with Crippen LogP contribution < -0.4 is 11.1 Å². The van der Waals surface area contributed by atoms with Crippen molar-refractivity contribution in [2.45, 2.75) is 44.6 Å². The van der Waals surface area contributed by atoms with E-state index in [1.54, 1.807) is 0 Å². The third-order valence-electron chi connectivity index (χ3n) is 4.39. The highest BCUT2D eigenvalue weighted by molar-refractivity contribution is 9.10. The number of nitrogens with two attached hydrogens (primary N) is 1. The maximum atomic E-state index is 12.6. The summed E-state index contributed by atoms with van der Waals surface area (Å²) in [6.07, 6.45) is 4.69. The summed E-state index contributed by atoms with van der Waals surface area (Å²) >= 11 is 3.42. The fraction of sp³-hybridized carbons (Fsp3) is 0.556. The van der Waals surface area contributed by atoms with Crippen LogP contribution in [0, 0.1) is 0 Å². The average molecular weight is 433 g/mol. The van der Waals surface area contributed by atoms with E-state index in [0.717, 1.165) is 42.3 Å². The summed E-state index contributed by atoms with van der Waals surface area (Å²) < 4.78 is 1.04. The second-order valence-corrected chi connectivity index (χ2v) is 7.12. The molecule has 140 valence electrons. The first-order valence-corrected chi connectivity index (χ1v) is 9.40. The highest BCUT2D eigenvalue weighted by Gasteiger charge is 2.26. The van der Waals surface area contributed by atoms with Gasteiger partial charge in [0.25, 0.3) is 0 Å². The first kappa shape index (κ1) is 21.9.